The van der Waals surface area contributed by atoms with E-state index in [1.54, 1.807) is 0 Å². The normalized spacial score (nSPS) is 11.0. The van der Waals surface area contributed by atoms with Gasteiger partial charge in [-0.25, -0.2) is 0 Å². The Labute approximate surface area is 278 Å². The largest absolute Gasteiger partial charge is 0.493 e. The smallest absolute Gasteiger partial charge is 0.293 e. The lowest BCUT2D eigenvalue weighted by molar-refractivity contribution is -0.128. The third-order valence-electron chi connectivity index (χ3n) is 8.58. The number of hydrogen-bond acceptors (Lipinski definition) is 5. The Bertz CT molecular complexity index is 1290. The number of allylic oxidation sites excluding steroid dienone is 1. The number of carbonyl (C=O) groups is 1. The zero-order valence-electron chi connectivity index (χ0n) is 29.1. The first-order chi connectivity index (χ1) is 22.2. The molecule has 0 aliphatic carbocycles. The summed E-state index contributed by atoms with van der Waals surface area (Å²) in [4.78, 5) is 10.8. The van der Waals surface area contributed by atoms with Gasteiger partial charge in [-0.1, -0.05) is 87.7 Å². The second kappa shape index (κ2) is 21.4. The first kappa shape index (κ1) is 38.8. The molecule has 3 aromatic rings. The second-order valence-electron chi connectivity index (χ2n) is 12.6. The Morgan fingerprint density at radius 1 is 0.783 bits per heavy atom. The number of unbranched alkanes of at least 4 members (excludes halogenated alkanes) is 2. The minimum absolute atomic E-state index is 0.0798. The molecule has 0 aliphatic heterocycles. The third-order valence-corrected chi connectivity index (χ3v) is 8.58. The van der Waals surface area contributed by atoms with E-state index in [0.717, 1.165) is 36.1 Å². The predicted octanol–water partition coefficient (Wildman–Crippen LogP) is 8.88. The fraction of sp³-hybridized carbons (Fsp3) is 0.488. The summed E-state index contributed by atoms with van der Waals surface area (Å²) in [5.41, 5.74) is 9.36. The Balaban J connectivity index is 0.00000173. The molecular weight excluding hydrogens is 572 g/mol. The summed E-state index contributed by atoms with van der Waals surface area (Å²) in [5, 5.41) is 19.5. The molecule has 0 atom stereocenters. The monoisotopic (exact) mass is 630 g/mol. The molecule has 3 rings (SSSR count). The van der Waals surface area contributed by atoms with E-state index in [4.69, 9.17) is 9.47 Å². The van der Waals surface area contributed by atoms with Crippen molar-refractivity contribution in [2.24, 2.45) is 5.41 Å². The summed E-state index contributed by atoms with van der Waals surface area (Å²) in [6.45, 7) is 14.9. The zero-order chi connectivity index (χ0) is 33.8. The molecule has 0 aliphatic rings. The van der Waals surface area contributed by atoms with Crippen LogP contribution in [0.4, 0.5) is 0 Å². The highest BCUT2D eigenvalue weighted by atomic mass is 16.5. The first-order valence-electron chi connectivity index (χ1n) is 17.1. The van der Waals surface area contributed by atoms with E-state index in [-0.39, 0.29) is 19.8 Å². The van der Waals surface area contributed by atoms with Crippen LogP contribution >= 0.6 is 0 Å². The van der Waals surface area contributed by atoms with Crippen molar-refractivity contribution in [3.63, 3.8) is 0 Å². The van der Waals surface area contributed by atoms with E-state index < -0.39 is 5.41 Å². The summed E-state index contributed by atoms with van der Waals surface area (Å²) in [6.07, 6.45) is 9.70. The van der Waals surface area contributed by atoms with E-state index in [9.17, 15) is 15.0 Å². The van der Waals surface area contributed by atoms with Gasteiger partial charge in [-0.15, -0.1) is 6.58 Å². The van der Waals surface area contributed by atoms with E-state index in [0.29, 0.717) is 32.3 Å². The van der Waals surface area contributed by atoms with Gasteiger partial charge < -0.3 is 19.7 Å². The molecule has 0 fully saturated rings. The molecule has 46 heavy (non-hydrogen) atoms. The van der Waals surface area contributed by atoms with Gasteiger partial charge in [0.05, 0.1) is 26.4 Å². The second-order valence-corrected chi connectivity index (χ2v) is 12.6. The molecule has 252 valence electrons. The molecule has 2 N–H and O–H groups in total. The van der Waals surface area contributed by atoms with Crippen LogP contribution in [0.2, 0.25) is 0 Å². The van der Waals surface area contributed by atoms with Gasteiger partial charge in [0.15, 0.2) is 0 Å². The summed E-state index contributed by atoms with van der Waals surface area (Å²) in [5.74, 6) is 0.736. The molecule has 3 aromatic carbocycles. The zero-order valence-corrected chi connectivity index (χ0v) is 29.1. The number of hydrogen-bond donors (Lipinski definition) is 2. The lowest BCUT2D eigenvalue weighted by Gasteiger charge is -2.28. The van der Waals surface area contributed by atoms with Crippen LogP contribution in [0.3, 0.4) is 0 Å². The average molecular weight is 631 g/mol. The van der Waals surface area contributed by atoms with Crippen molar-refractivity contribution >= 4 is 6.47 Å². The number of aliphatic hydroxyl groups excluding tert-OH is 2. The van der Waals surface area contributed by atoms with Crippen LogP contribution in [0.5, 0.6) is 5.75 Å². The van der Waals surface area contributed by atoms with E-state index in [1.165, 1.54) is 59.1 Å². The van der Waals surface area contributed by atoms with E-state index in [2.05, 4.69) is 75.0 Å². The van der Waals surface area contributed by atoms with Crippen LogP contribution < -0.4 is 4.74 Å². The molecule has 0 spiro atoms. The lowest BCUT2D eigenvalue weighted by atomic mass is 9.84. The summed E-state index contributed by atoms with van der Waals surface area (Å²) >= 11 is 0. The maximum absolute atomic E-state index is 10.8. The van der Waals surface area contributed by atoms with Crippen molar-refractivity contribution in [3.05, 3.63) is 101 Å². The van der Waals surface area contributed by atoms with Crippen LogP contribution in [-0.2, 0) is 41.6 Å². The van der Waals surface area contributed by atoms with Crippen molar-refractivity contribution in [3.8, 4) is 16.9 Å². The average Bonchev–Trinajstić information content (AvgIpc) is 3.07. The molecule has 0 saturated carbocycles. The fourth-order valence-electron chi connectivity index (χ4n) is 5.40. The topological polar surface area (TPSA) is 76.0 Å². The van der Waals surface area contributed by atoms with Crippen LogP contribution in [0.1, 0.15) is 94.5 Å². The van der Waals surface area contributed by atoms with Crippen LogP contribution in [-0.4, -0.2) is 43.1 Å². The lowest BCUT2D eigenvalue weighted by Crippen LogP contribution is -2.31. The number of rotatable bonds is 20. The van der Waals surface area contributed by atoms with Gasteiger partial charge in [-0.2, -0.15) is 0 Å². The molecule has 5 heteroatoms. The highest BCUT2D eigenvalue weighted by molar-refractivity contribution is 5.70. The number of benzene rings is 3. The van der Waals surface area contributed by atoms with Crippen molar-refractivity contribution in [1.29, 1.82) is 0 Å². The molecule has 0 heterocycles. The van der Waals surface area contributed by atoms with E-state index >= 15 is 0 Å². The molecule has 0 radical (unpaired) electrons. The predicted molar refractivity (Wildman–Crippen MR) is 192 cm³/mol. The Hall–Kier alpha value is -3.41. The van der Waals surface area contributed by atoms with Crippen LogP contribution in [0.25, 0.3) is 11.1 Å². The minimum atomic E-state index is -0.545. The summed E-state index contributed by atoms with van der Waals surface area (Å²) < 4.78 is 11.1. The summed E-state index contributed by atoms with van der Waals surface area (Å²) in [7, 11) is 0. The maximum Gasteiger partial charge on any atom is 0.293 e. The van der Waals surface area contributed by atoms with Crippen molar-refractivity contribution < 1.29 is 24.5 Å². The molecule has 0 unspecified atom stereocenters. The Kier molecular flexibility index (Phi) is 18.0. The van der Waals surface area contributed by atoms with Crippen LogP contribution in [0.15, 0.2) is 72.8 Å². The number of aliphatic hydroxyl groups is 2. The number of ether oxygens (including phenoxy) is 2. The van der Waals surface area contributed by atoms with Gasteiger partial charge >= 0.3 is 0 Å². The van der Waals surface area contributed by atoms with E-state index in [1.807, 2.05) is 26.8 Å². The van der Waals surface area contributed by atoms with Crippen LogP contribution in [0, 0.1) is 5.41 Å². The quantitative estimate of drug-likeness (QED) is 0.0741. The molecule has 0 aromatic heterocycles. The van der Waals surface area contributed by atoms with Gasteiger partial charge in [-0.3, -0.25) is 4.79 Å². The maximum atomic E-state index is 10.8. The fourth-order valence-corrected chi connectivity index (χ4v) is 5.40. The van der Waals surface area contributed by atoms with Gasteiger partial charge in [0, 0.05) is 11.8 Å². The molecule has 0 saturated heterocycles. The van der Waals surface area contributed by atoms with Crippen molar-refractivity contribution in [2.75, 3.05) is 26.4 Å². The van der Waals surface area contributed by atoms with Gasteiger partial charge in [0.2, 0.25) is 0 Å². The van der Waals surface area contributed by atoms with Gasteiger partial charge in [-0.05, 0) is 110 Å². The van der Waals surface area contributed by atoms with Gasteiger partial charge in [0.1, 0.15) is 5.75 Å². The molecule has 0 bridgehead atoms. The first-order valence-corrected chi connectivity index (χ1v) is 17.1. The number of carbonyl (C=O) groups excluding carboxylic acids is 1. The molecule has 5 nitrogen and oxygen atoms in total. The Morgan fingerprint density at radius 3 is 2.00 bits per heavy atom. The molecule has 0 amide bonds. The third kappa shape index (κ3) is 13.1. The minimum Gasteiger partial charge on any atom is -0.493 e. The van der Waals surface area contributed by atoms with Crippen molar-refractivity contribution in [2.45, 2.75) is 98.8 Å². The standard InChI is InChI=1S/C37H50O5.C4H8/c1-4-7-8-9-29-10-12-30(13-11-29)14-15-31-16-18-35(32(5-2)24-31)33-17-19-36(34(25-33)20-22-41-28-40)42-23-21-37(6-3,26-38)27-39;1-4(2)3/h10-13,16-19,24-25,28,38-39H,4-9,14-15,20-23,26-27H2,1-3H3;1H2,2-3H3. The van der Waals surface area contributed by atoms with Crippen molar-refractivity contribution in [1.82, 2.24) is 0 Å². The molecular formula is C41H58O5. The Morgan fingerprint density at radius 2 is 1.41 bits per heavy atom. The highest BCUT2D eigenvalue weighted by Crippen LogP contribution is 2.32. The van der Waals surface area contributed by atoms with Gasteiger partial charge in [0.25, 0.3) is 6.47 Å². The highest BCUT2D eigenvalue weighted by Gasteiger charge is 2.26. The number of aryl methyl sites for hydroxylation is 4. The summed E-state index contributed by atoms with van der Waals surface area (Å²) in [6, 6.07) is 22.1. The SMILES string of the molecule is C=C(C)C.CCCCCc1ccc(CCc2ccc(-c3ccc(OCCC(CC)(CO)CO)c(CCOC=O)c3)c(CC)c2)cc1.